The van der Waals surface area contributed by atoms with Crippen LogP contribution in [0.15, 0.2) is 24.9 Å². The van der Waals surface area contributed by atoms with Crippen molar-refractivity contribution in [2.45, 2.75) is 38.1 Å². The number of likely N-dealkylation sites (N-methyl/N-ethyl adjacent to an activating group) is 1. The van der Waals surface area contributed by atoms with Crippen LogP contribution in [0.4, 0.5) is 19.0 Å². The molecule has 0 unspecified atom stereocenters. The maximum absolute atomic E-state index is 14.7. The summed E-state index contributed by atoms with van der Waals surface area (Å²) in [7, 11) is 1.73. The number of nitriles is 1. The summed E-state index contributed by atoms with van der Waals surface area (Å²) in [4.78, 5) is 42.2. The molecule has 0 bridgehead atoms. The summed E-state index contributed by atoms with van der Waals surface area (Å²) in [5.41, 5.74) is 1.26. The van der Waals surface area contributed by atoms with Gasteiger partial charge in [0.1, 0.15) is 17.7 Å². The first-order chi connectivity index (χ1) is 21.6. The first-order valence-electron chi connectivity index (χ1n) is 14.3. The number of H-pyrrole nitrogens is 1. The summed E-state index contributed by atoms with van der Waals surface area (Å²) in [6.07, 6.45) is -0.828. The van der Waals surface area contributed by atoms with Gasteiger partial charge in [0.15, 0.2) is 0 Å². The number of aromatic nitrogens is 4. The van der Waals surface area contributed by atoms with Gasteiger partial charge in [0.05, 0.1) is 65.5 Å². The van der Waals surface area contributed by atoms with Gasteiger partial charge in [0.25, 0.3) is 5.91 Å². The highest BCUT2D eigenvalue weighted by Crippen LogP contribution is 2.37. The van der Waals surface area contributed by atoms with E-state index in [-0.39, 0.29) is 68.2 Å². The minimum atomic E-state index is -2.61. The van der Waals surface area contributed by atoms with Crippen molar-refractivity contribution in [3.05, 3.63) is 52.6 Å². The summed E-state index contributed by atoms with van der Waals surface area (Å²) in [6.45, 7) is 4.82. The van der Waals surface area contributed by atoms with Gasteiger partial charge in [-0.05, 0) is 13.1 Å². The molecule has 3 atom stereocenters. The van der Waals surface area contributed by atoms with Gasteiger partial charge < -0.3 is 24.3 Å². The lowest BCUT2D eigenvalue weighted by Crippen LogP contribution is -2.55. The minimum absolute atomic E-state index is 0.00832. The SMILES string of the molecule is C=CC(=O)N1CCN(c2nc(O[C@@H]3CN(C)C[C@H]3C(F)F)nc3c2CN(C(=O)c2c(Cl)c(F)cc4[nH]ncc24)C3)C[C@@H]1CC#N. The number of hydrogen-bond donors (Lipinski definition) is 1. The van der Waals surface area contributed by atoms with Crippen LogP contribution in [0.2, 0.25) is 5.02 Å². The van der Waals surface area contributed by atoms with E-state index in [1.807, 2.05) is 4.90 Å². The van der Waals surface area contributed by atoms with E-state index in [4.69, 9.17) is 16.3 Å². The third kappa shape index (κ3) is 5.64. The van der Waals surface area contributed by atoms with Crippen molar-refractivity contribution in [2.75, 3.05) is 44.7 Å². The number of carbonyl (C=O) groups is 2. The normalized spacial score (nSPS) is 21.8. The predicted octanol–water partition coefficient (Wildman–Crippen LogP) is 2.99. The molecule has 0 radical (unpaired) electrons. The van der Waals surface area contributed by atoms with Gasteiger partial charge >= 0.3 is 6.01 Å². The van der Waals surface area contributed by atoms with Crippen molar-refractivity contribution in [3.63, 3.8) is 0 Å². The van der Waals surface area contributed by atoms with Gasteiger partial charge in [-0.3, -0.25) is 14.7 Å². The van der Waals surface area contributed by atoms with Crippen molar-refractivity contribution < 1.29 is 27.5 Å². The van der Waals surface area contributed by atoms with E-state index in [0.29, 0.717) is 34.5 Å². The standard InChI is InChI=1S/C29H29ClF3N9O3/c1-3-23(43)42-7-6-40(10-15(42)4-5-34)27-17-12-41(28(44)24-16-9-35-38-20(16)8-19(31)25(24)30)13-21(17)36-29(37-27)45-22-14-39(2)11-18(22)26(32)33/h3,8-9,15,18,22,26H,1,4,6-7,10-14H2,2H3,(H,35,38)/t15-,18+,22+/m0/s1. The molecule has 0 spiro atoms. The van der Waals surface area contributed by atoms with Gasteiger partial charge in [0, 0.05) is 49.7 Å². The van der Waals surface area contributed by atoms with Crippen LogP contribution in [0.25, 0.3) is 10.9 Å². The molecule has 2 fully saturated rings. The third-order valence-electron chi connectivity index (χ3n) is 8.52. The number of anilines is 1. The number of nitrogens with one attached hydrogen (secondary N) is 1. The molecule has 0 aliphatic carbocycles. The van der Waals surface area contributed by atoms with Crippen LogP contribution >= 0.6 is 11.6 Å². The molecule has 45 heavy (non-hydrogen) atoms. The topological polar surface area (TPSA) is 135 Å². The summed E-state index contributed by atoms with van der Waals surface area (Å²) in [5.74, 6) is -2.29. The smallest absolute Gasteiger partial charge is 0.319 e. The highest BCUT2D eigenvalue weighted by atomic mass is 35.5. The monoisotopic (exact) mass is 643 g/mol. The molecule has 3 aliphatic heterocycles. The number of likely N-dealkylation sites (tertiary alicyclic amines) is 1. The zero-order chi connectivity index (χ0) is 32.0. The summed E-state index contributed by atoms with van der Waals surface area (Å²) in [5, 5.41) is 16.0. The number of carbonyl (C=O) groups excluding carboxylic acids is 2. The van der Waals surface area contributed by atoms with E-state index in [9.17, 15) is 28.0 Å². The van der Waals surface area contributed by atoms with Gasteiger partial charge in [0.2, 0.25) is 12.3 Å². The Labute approximate surface area is 261 Å². The first-order valence-corrected chi connectivity index (χ1v) is 14.7. The number of amides is 2. The molecule has 236 valence electrons. The zero-order valence-corrected chi connectivity index (χ0v) is 25.0. The molecule has 3 aliphatic rings. The van der Waals surface area contributed by atoms with E-state index in [0.717, 1.165) is 6.07 Å². The van der Waals surface area contributed by atoms with Crippen LogP contribution in [0.3, 0.4) is 0 Å². The quantitative estimate of drug-likeness (QED) is 0.386. The molecule has 0 saturated carbocycles. The number of piperazine rings is 1. The number of hydrogen-bond acceptors (Lipinski definition) is 9. The Bertz CT molecular complexity index is 1710. The number of fused-ring (bicyclic) bond motifs is 2. The number of halogens is 4. The van der Waals surface area contributed by atoms with E-state index in [1.54, 1.807) is 16.8 Å². The second-order valence-corrected chi connectivity index (χ2v) is 11.7. The highest BCUT2D eigenvalue weighted by Gasteiger charge is 2.41. The average Bonchev–Trinajstić information content (AvgIpc) is 3.75. The molecule has 1 aromatic carbocycles. The van der Waals surface area contributed by atoms with Crippen LogP contribution < -0.4 is 9.64 Å². The molecule has 1 N–H and O–H groups in total. The molecular weight excluding hydrogens is 615 g/mol. The molecule has 16 heteroatoms. The summed E-state index contributed by atoms with van der Waals surface area (Å²) < 4.78 is 48.4. The van der Waals surface area contributed by atoms with Crippen LogP contribution in [0.1, 0.15) is 28.0 Å². The lowest BCUT2D eigenvalue weighted by atomic mass is 10.1. The van der Waals surface area contributed by atoms with E-state index >= 15 is 0 Å². The number of benzene rings is 1. The fraction of sp³-hybridized carbons (Fsp3) is 0.448. The van der Waals surface area contributed by atoms with Crippen molar-refractivity contribution in [1.29, 1.82) is 5.26 Å². The van der Waals surface area contributed by atoms with Crippen LogP contribution in [-0.2, 0) is 17.9 Å². The Morgan fingerprint density at radius 3 is 2.80 bits per heavy atom. The largest absolute Gasteiger partial charge is 0.458 e. The zero-order valence-electron chi connectivity index (χ0n) is 24.2. The Morgan fingerprint density at radius 1 is 1.27 bits per heavy atom. The highest BCUT2D eigenvalue weighted by molar-refractivity contribution is 6.35. The van der Waals surface area contributed by atoms with E-state index < -0.39 is 36.2 Å². The summed E-state index contributed by atoms with van der Waals surface area (Å²) >= 11 is 6.28. The van der Waals surface area contributed by atoms with Crippen LogP contribution in [0.5, 0.6) is 6.01 Å². The molecular formula is C29H29ClF3N9O3. The van der Waals surface area contributed by atoms with Gasteiger partial charge in [-0.15, -0.1) is 0 Å². The Morgan fingerprint density at radius 2 is 2.07 bits per heavy atom. The van der Waals surface area contributed by atoms with Crippen LogP contribution in [0, 0.1) is 23.1 Å². The second-order valence-electron chi connectivity index (χ2n) is 11.4. The third-order valence-corrected chi connectivity index (χ3v) is 8.89. The van der Waals surface area contributed by atoms with Crippen LogP contribution in [-0.4, -0.2) is 105 Å². The molecule has 2 amide bonds. The van der Waals surface area contributed by atoms with Gasteiger partial charge in [-0.2, -0.15) is 20.3 Å². The maximum Gasteiger partial charge on any atom is 0.319 e. The average molecular weight is 644 g/mol. The molecule has 5 heterocycles. The molecule has 2 saturated heterocycles. The number of rotatable bonds is 7. The molecule has 6 rings (SSSR count). The van der Waals surface area contributed by atoms with E-state index in [2.05, 4.69) is 32.8 Å². The predicted molar refractivity (Wildman–Crippen MR) is 156 cm³/mol. The Balaban J connectivity index is 1.36. The van der Waals surface area contributed by atoms with E-state index in [1.165, 1.54) is 17.2 Å². The van der Waals surface area contributed by atoms with Gasteiger partial charge in [-0.25, -0.2) is 13.2 Å². The first kappa shape index (κ1) is 30.6. The fourth-order valence-electron chi connectivity index (χ4n) is 6.31. The second kappa shape index (κ2) is 12.2. The molecule has 3 aromatic rings. The maximum atomic E-state index is 14.7. The van der Waals surface area contributed by atoms with Crippen molar-refractivity contribution >= 4 is 40.1 Å². The number of ether oxygens (including phenoxy) is 1. The number of alkyl halides is 2. The van der Waals surface area contributed by atoms with Crippen molar-refractivity contribution in [1.82, 2.24) is 34.9 Å². The minimum Gasteiger partial charge on any atom is -0.458 e. The number of nitrogens with zero attached hydrogens (tertiary/aromatic N) is 8. The lowest BCUT2D eigenvalue weighted by molar-refractivity contribution is -0.128. The van der Waals surface area contributed by atoms with Gasteiger partial charge in [-0.1, -0.05) is 18.2 Å². The molecule has 12 nitrogen and oxygen atoms in total. The van der Waals surface area contributed by atoms with Crippen molar-refractivity contribution in [3.8, 4) is 12.1 Å². The Kier molecular flexibility index (Phi) is 8.27. The summed E-state index contributed by atoms with van der Waals surface area (Å²) in [6, 6.07) is 2.69. The fourth-order valence-corrected chi connectivity index (χ4v) is 6.54. The number of aromatic amines is 1. The van der Waals surface area contributed by atoms with Crippen molar-refractivity contribution in [2.24, 2.45) is 5.92 Å². The molecule has 2 aromatic heterocycles. The lowest BCUT2D eigenvalue weighted by Gasteiger charge is -2.41. The Hall–Kier alpha value is -4.42.